The van der Waals surface area contributed by atoms with Crippen LogP contribution in [-0.2, 0) is 6.54 Å². The standard InChI is InChI=1S/C8H8N2O2/c1-12-6-2-3-9-7-5(6)4-10-8(7)11/h2-3H,4H2,1H3,(H,10,11). The van der Waals surface area contributed by atoms with Crippen LogP contribution in [0, 0.1) is 0 Å². The van der Waals surface area contributed by atoms with Crippen LogP contribution in [0.5, 0.6) is 5.75 Å². The van der Waals surface area contributed by atoms with Gasteiger partial charge in [-0.1, -0.05) is 0 Å². The van der Waals surface area contributed by atoms with E-state index in [0.29, 0.717) is 12.2 Å². The molecule has 0 saturated heterocycles. The van der Waals surface area contributed by atoms with Crippen LogP contribution in [0.4, 0.5) is 0 Å². The van der Waals surface area contributed by atoms with Gasteiger partial charge in [-0.2, -0.15) is 0 Å². The average molecular weight is 164 g/mol. The number of nitrogens with one attached hydrogen (secondary N) is 1. The number of rotatable bonds is 1. The van der Waals surface area contributed by atoms with E-state index in [9.17, 15) is 4.79 Å². The maximum absolute atomic E-state index is 11.1. The van der Waals surface area contributed by atoms with Crippen molar-refractivity contribution >= 4 is 5.91 Å². The topological polar surface area (TPSA) is 51.2 Å². The van der Waals surface area contributed by atoms with Crippen molar-refractivity contribution in [3.63, 3.8) is 0 Å². The average Bonchev–Trinajstić information content (AvgIpc) is 2.48. The van der Waals surface area contributed by atoms with Crippen LogP contribution in [-0.4, -0.2) is 18.0 Å². The van der Waals surface area contributed by atoms with Gasteiger partial charge in [0.2, 0.25) is 0 Å². The Morgan fingerprint density at radius 2 is 2.50 bits per heavy atom. The molecule has 0 radical (unpaired) electrons. The predicted molar refractivity (Wildman–Crippen MR) is 42.0 cm³/mol. The molecule has 1 amide bonds. The van der Waals surface area contributed by atoms with E-state index in [2.05, 4.69) is 10.3 Å². The first-order valence-corrected chi connectivity index (χ1v) is 3.63. The molecule has 0 aliphatic carbocycles. The summed E-state index contributed by atoms with van der Waals surface area (Å²) in [5.74, 6) is 0.599. The van der Waals surface area contributed by atoms with E-state index >= 15 is 0 Å². The monoisotopic (exact) mass is 164 g/mol. The van der Waals surface area contributed by atoms with Crippen molar-refractivity contribution in [1.82, 2.24) is 10.3 Å². The minimum absolute atomic E-state index is 0.121. The Morgan fingerprint density at radius 3 is 3.25 bits per heavy atom. The maximum Gasteiger partial charge on any atom is 0.270 e. The highest BCUT2D eigenvalue weighted by molar-refractivity contribution is 5.97. The molecule has 2 heterocycles. The number of nitrogens with zero attached hydrogens (tertiary/aromatic N) is 1. The Hall–Kier alpha value is -1.58. The molecule has 1 aliphatic heterocycles. The van der Waals surface area contributed by atoms with Crippen molar-refractivity contribution in [2.24, 2.45) is 0 Å². The quantitative estimate of drug-likeness (QED) is 0.650. The van der Waals surface area contributed by atoms with Crippen molar-refractivity contribution in [2.45, 2.75) is 6.54 Å². The maximum atomic E-state index is 11.1. The summed E-state index contributed by atoms with van der Waals surface area (Å²) in [6.07, 6.45) is 1.57. The third-order valence-corrected chi connectivity index (χ3v) is 1.87. The Morgan fingerprint density at radius 1 is 1.67 bits per heavy atom. The van der Waals surface area contributed by atoms with Crippen LogP contribution in [0.3, 0.4) is 0 Å². The number of hydrogen-bond donors (Lipinski definition) is 1. The number of methoxy groups -OCH3 is 1. The second kappa shape index (κ2) is 2.48. The zero-order valence-electron chi connectivity index (χ0n) is 6.63. The molecule has 1 aromatic rings. The van der Waals surface area contributed by atoms with E-state index in [1.54, 1.807) is 19.4 Å². The van der Waals surface area contributed by atoms with E-state index in [1.807, 2.05) is 0 Å². The summed E-state index contributed by atoms with van der Waals surface area (Å²) in [4.78, 5) is 15.1. The van der Waals surface area contributed by atoms with Crippen molar-refractivity contribution in [3.05, 3.63) is 23.5 Å². The van der Waals surface area contributed by atoms with E-state index in [1.165, 1.54) is 0 Å². The van der Waals surface area contributed by atoms with Gasteiger partial charge in [0.05, 0.1) is 7.11 Å². The summed E-state index contributed by atoms with van der Waals surface area (Å²) in [5, 5.41) is 2.68. The summed E-state index contributed by atoms with van der Waals surface area (Å²) < 4.78 is 5.07. The van der Waals surface area contributed by atoms with Gasteiger partial charge in [0.15, 0.2) is 0 Å². The molecule has 0 unspecified atom stereocenters. The molecule has 0 bridgehead atoms. The zero-order chi connectivity index (χ0) is 8.55. The van der Waals surface area contributed by atoms with Crippen LogP contribution in [0.1, 0.15) is 16.1 Å². The number of hydrogen-bond acceptors (Lipinski definition) is 3. The summed E-state index contributed by atoms with van der Waals surface area (Å²) in [5.41, 5.74) is 1.33. The highest BCUT2D eigenvalue weighted by Gasteiger charge is 2.23. The molecule has 2 rings (SSSR count). The first kappa shape index (κ1) is 7.09. The van der Waals surface area contributed by atoms with E-state index < -0.39 is 0 Å². The van der Waals surface area contributed by atoms with Gasteiger partial charge >= 0.3 is 0 Å². The summed E-state index contributed by atoms with van der Waals surface area (Å²) in [7, 11) is 1.58. The molecule has 1 aliphatic rings. The lowest BCUT2D eigenvalue weighted by molar-refractivity contribution is 0.0961. The van der Waals surface area contributed by atoms with Crippen LogP contribution in [0.2, 0.25) is 0 Å². The highest BCUT2D eigenvalue weighted by atomic mass is 16.5. The lowest BCUT2D eigenvalue weighted by atomic mass is 10.2. The summed E-state index contributed by atoms with van der Waals surface area (Å²) in [6, 6.07) is 1.75. The molecular formula is C8H8N2O2. The van der Waals surface area contributed by atoms with Gasteiger partial charge in [-0.3, -0.25) is 9.78 Å². The lowest BCUT2D eigenvalue weighted by Crippen LogP contribution is -2.13. The molecular weight excluding hydrogens is 156 g/mol. The van der Waals surface area contributed by atoms with Gasteiger partial charge in [0, 0.05) is 18.3 Å². The van der Waals surface area contributed by atoms with Crippen molar-refractivity contribution in [3.8, 4) is 5.75 Å². The van der Waals surface area contributed by atoms with Crippen LogP contribution in [0.15, 0.2) is 12.3 Å². The Kier molecular flexibility index (Phi) is 1.46. The first-order valence-electron chi connectivity index (χ1n) is 3.63. The molecule has 0 spiro atoms. The number of carbonyl (C=O) groups is 1. The van der Waals surface area contributed by atoms with Crippen molar-refractivity contribution < 1.29 is 9.53 Å². The number of fused-ring (bicyclic) bond motifs is 1. The van der Waals surface area contributed by atoms with Crippen LogP contribution >= 0.6 is 0 Å². The van der Waals surface area contributed by atoms with Crippen LogP contribution in [0.25, 0.3) is 0 Å². The number of amides is 1. The number of pyridine rings is 1. The number of carbonyl (C=O) groups excluding carboxylic acids is 1. The van der Waals surface area contributed by atoms with Gasteiger partial charge in [-0.15, -0.1) is 0 Å². The third-order valence-electron chi connectivity index (χ3n) is 1.87. The van der Waals surface area contributed by atoms with E-state index in [-0.39, 0.29) is 5.91 Å². The highest BCUT2D eigenvalue weighted by Crippen LogP contribution is 2.23. The normalized spacial score (nSPS) is 13.9. The molecule has 1 aromatic heterocycles. The zero-order valence-corrected chi connectivity index (χ0v) is 6.63. The molecule has 4 heteroatoms. The second-order valence-corrected chi connectivity index (χ2v) is 2.52. The van der Waals surface area contributed by atoms with E-state index in [4.69, 9.17) is 4.74 Å². The Bertz CT molecular complexity index is 336. The Labute approximate surface area is 69.6 Å². The van der Waals surface area contributed by atoms with Gasteiger partial charge in [0.1, 0.15) is 11.4 Å². The van der Waals surface area contributed by atoms with Crippen molar-refractivity contribution in [1.29, 1.82) is 0 Å². The minimum atomic E-state index is -0.121. The Balaban J connectivity index is 2.58. The van der Waals surface area contributed by atoms with Crippen LogP contribution < -0.4 is 10.1 Å². The molecule has 4 nitrogen and oxygen atoms in total. The van der Waals surface area contributed by atoms with Crippen molar-refractivity contribution in [2.75, 3.05) is 7.11 Å². The number of ether oxygens (including phenoxy) is 1. The fraction of sp³-hybridized carbons (Fsp3) is 0.250. The SMILES string of the molecule is COc1ccnc2c1CNC2=O. The lowest BCUT2D eigenvalue weighted by Gasteiger charge is -2.02. The molecule has 0 atom stereocenters. The van der Waals surface area contributed by atoms with E-state index in [0.717, 1.165) is 11.3 Å². The smallest absolute Gasteiger partial charge is 0.270 e. The largest absolute Gasteiger partial charge is 0.496 e. The molecule has 0 fully saturated rings. The minimum Gasteiger partial charge on any atom is -0.496 e. The van der Waals surface area contributed by atoms with Gasteiger partial charge in [-0.05, 0) is 6.07 Å². The number of aromatic nitrogens is 1. The second-order valence-electron chi connectivity index (χ2n) is 2.52. The molecule has 1 N–H and O–H groups in total. The fourth-order valence-electron chi connectivity index (χ4n) is 1.28. The summed E-state index contributed by atoms with van der Waals surface area (Å²) in [6.45, 7) is 0.519. The third kappa shape index (κ3) is 0.845. The molecule has 0 saturated carbocycles. The molecule has 0 aromatic carbocycles. The first-order chi connectivity index (χ1) is 5.83. The molecule has 12 heavy (non-hydrogen) atoms. The van der Waals surface area contributed by atoms with Gasteiger partial charge in [0.25, 0.3) is 5.91 Å². The van der Waals surface area contributed by atoms with Gasteiger partial charge < -0.3 is 10.1 Å². The predicted octanol–water partition coefficient (Wildman–Crippen LogP) is 0.334. The summed E-state index contributed by atoms with van der Waals surface area (Å²) >= 11 is 0. The fourth-order valence-corrected chi connectivity index (χ4v) is 1.28. The molecule has 62 valence electrons. The van der Waals surface area contributed by atoms with Gasteiger partial charge in [-0.25, -0.2) is 0 Å².